The van der Waals surface area contributed by atoms with Gasteiger partial charge in [-0.3, -0.25) is 0 Å². The summed E-state index contributed by atoms with van der Waals surface area (Å²) in [4.78, 5) is 2.06. The van der Waals surface area contributed by atoms with Gasteiger partial charge in [-0.25, -0.2) is 0 Å². The summed E-state index contributed by atoms with van der Waals surface area (Å²) in [5, 5.41) is 18.2. The van der Waals surface area contributed by atoms with Crippen LogP contribution in [0, 0.1) is 6.92 Å². The third-order valence-electron chi connectivity index (χ3n) is 3.54. The number of aliphatic hydroxyl groups is 2. The first-order valence-electron chi connectivity index (χ1n) is 7.01. The molecule has 0 saturated heterocycles. The number of aryl methyl sites for hydroxylation is 1. The second kappa shape index (κ2) is 7.63. The molecule has 0 fully saturated rings. The van der Waals surface area contributed by atoms with E-state index < -0.39 is 6.10 Å². The van der Waals surface area contributed by atoms with Crippen LogP contribution in [0.1, 0.15) is 36.5 Å². The molecule has 1 rings (SSSR count). The summed E-state index contributed by atoms with van der Waals surface area (Å²) in [7, 11) is 1.97. The van der Waals surface area contributed by atoms with E-state index in [0.717, 1.165) is 13.0 Å². The van der Waals surface area contributed by atoms with Crippen molar-refractivity contribution in [2.24, 2.45) is 0 Å². The van der Waals surface area contributed by atoms with Gasteiger partial charge in [0, 0.05) is 13.1 Å². The predicted molar refractivity (Wildman–Crippen MR) is 79.6 cm³/mol. The zero-order chi connectivity index (χ0) is 14.4. The molecular weight excluding hydrogens is 238 g/mol. The maximum atomic E-state index is 9.41. The van der Waals surface area contributed by atoms with Crippen molar-refractivity contribution in [1.82, 2.24) is 4.90 Å². The van der Waals surface area contributed by atoms with Crippen LogP contribution in [-0.2, 0) is 6.42 Å². The fraction of sp³-hybridized carbons (Fsp3) is 0.625. The number of aliphatic hydroxyl groups excluding tert-OH is 2. The van der Waals surface area contributed by atoms with Crippen LogP contribution in [0.15, 0.2) is 18.2 Å². The van der Waals surface area contributed by atoms with Crippen molar-refractivity contribution in [3.8, 4) is 0 Å². The number of hydrogen-bond donors (Lipinski definition) is 2. The summed E-state index contributed by atoms with van der Waals surface area (Å²) in [5.41, 5.74) is 4.07. The van der Waals surface area contributed by atoms with E-state index in [4.69, 9.17) is 5.11 Å². The van der Waals surface area contributed by atoms with Crippen molar-refractivity contribution in [3.05, 3.63) is 34.9 Å². The highest BCUT2D eigenvalue weighted by Crippen LogP contribution is 2.19. The molecular formula is C16H27NO2. The van der Waals surface area contributed by atoms with Crippen LogP contribution in [0.5, 0.6) is 0 Å². The highest BCUT2D eigenvalue weighted by molar-refractivity contribution is 5.32. The van der Waals surface area contributed by atoms with Gasteiger partial charge >= 0.3 is 0 Å². The quantitative estimate of drug-likeness (QED) is 0.792. The van der Waals surface area contributed by atoms with E-state index in [1.165, 1.54) is 16.7 Å². The Morgan fingerprint density at radius 3 is 2.53 bits per heavy atom. The molecule has 1 unspecified atom stereocenters. The van der Waals surface area contributed by atoms with E-state index >= 15 is 0 Å². The molecule has 0 radical (unpaired) electrons. The van der Waals surface area contributed by atoms with Crippen molar-refractivity contribution in [3.63, 3.8) is 0 Å². The number of hydrogen-bond acceptors (Lipinski definition) is 3. The lowest BCUT2D eigenvalue weighted by Crippen LogP contribution is -2.32. The monoisotopic (exact) mass is 265 g/mol. The van der Waals surface area contributed by atoms with Gasteiger partial charge in [0.15, 0.2) is 0 Å². The van der Waals surface area contributed by atoms with Gasteiger partial charge in [0.2, 0.25) is 0 Å². The SMILES string of the molecule is Cc1ccc(C(C)C)cc1CCN(C)CC(O)CO. The molecule has 0 saturated carbocycles. The number of rotatable bonds is 7. The average molecular weight is 265 g/mol. The minimum absolute atomic E-state index is 0.174. The maximum absolute atomic E-state index is 9.41. The van der Waals surface area contributed by atoms with E-state index in [9.17, 15) is 5.11 Å². The zero-order valence-electron chi connectivity index (χ0n) is 12.6. The minimum atomic E-state index is -0.645. The number of benzene rings is 1. The van der Waals surface area contributed by atoms with Crippen molar-refractivity contribution in [1.29, 1.82) is 0 Å². The fourth-order valence-corrected chi connectivity index (χ4v) is 2.14. The summed E-state index contributed by atoms with van der Waals surface area (Å²) < 4.78 is 0. The molecule has 0 bridgehead atoms. The molecule has 0 amide bonds. The number of nitrogens with zero attached hydrogens (tertiary/aromatic N) is 1. The van der Waals surface area contributed by atoms with Crippen molar-refractivity contribution in [2.75, 3.05) is 26.7 Å². The molecule has 1 aromatic rings. The standard InChI is InChI=1S/C16H27NO2/c1-12(2)14-6-5-13(3)15(9-14)7-8-17(4)10-16(19)11-18/h5-6,9,12,16,18-19H,7-8,10-11H2,1-4H3. The number of likely N-dealkylation sites (N-methyl/N-ethyl adjacent to an activating group) is 1. The van der Waals surface area contributed by atoms with E-state index in [-0.39, 0.29) is 6.61 Å². The lowest BCUT2D eigenvalue weighted by molar-refractivity contribution is 0.0669. The molecule has 0 aromatic heterocycles. The molecule has 3 heteroatoms. The second-order valence-corrected chi connectivity index (χ2v) is 5.69. The summed E-state index contributed by atoms with van der Waals surface area (Å²) in [5.74, 6) is 0.549. The van der Waals surface area contributed by atoms with Gasteiger partial charge in [-0.05, 0) is 43.0 Å². The minimum Gasteiger partial charge on any atom is -0.394 e. The average Bonchev–Trinajstić information content (AvgIpc) is 2.37. The Balaban J connectivity index is 2.59. The molecule has 19 heavy (non-hydrogen) atoms. The third kappa shape index (κ3) is 5.31. The molecule has 0 aliphatic carbocycles. The molecule has 1 atom stereocenters. The fourth-order valence-electron chi connectivity index (χ4n) is 2.14. The van der Waals surface area contributed by atoms with E-state index in [2.05, 4.69) is 43.9 Å². The molecule has 0 aliphatic rings. The lowest BCUT2D eigenvalue weighted by atomic mass is 9.96. The highest BCUT2D eigenvalue weighted by Gasteiger charge is 2.08. The van der Waals surface area contributed by atoms with Crippen molar-refractivity contribution < 1.29 is 10.2 Å². The molecule has 3 nitrogen and oxygen atoms in total. The lowest BCUT2D eigenvalue weighted by Gasteiger charge is -2.20. The highest BCUT2D eigenvalue weighted by atomic mass is 16.3. The molecule has 2 N–H and O–H groups in total. The van der Waals surface area contributed by atoms with Gasteiger partial charge in [0.05, 0.1) is 12.7 Å². The van der Waals surface area contributed by atoms with Gasteiger partial charge in [0.1, 0.15) is 0 Å². The maximum Gasteiger partial charge on any atom is 0.0897 e. The zero-order valence-corrected chi connectivity index (χ0v) is 12.6. The smallest absolute Gasteiger partial charge is 0.0897 e. The largest absolute Gasteiger partial charge is 0.394 e. The Morgan fingerprint density at radius 2 is 1.95 bits per heavy atom. The van der Waals surface area contributed by atoms with Crippen molar-refractivity contribution >= 4 is 0 Å². The van der Waals surface area contributed by atoms with Gasteiger partial charge in [-0.1, -0.05) is 32.0 Å². The molecule has 0 aliphatic heterocycles. The van der Waals surface area contributed by atoms with Gasteiger partial charge < -0.3 is 15.1 Å². The van der Waals surface area contributed by atoms with Crippen LogP contribution in [-0.4, -0.2) is 48.0 Å². The van der Waals surface area contributed by atoms with Crippen LogP contribution < -0.4 is 0 Å². The van der Waals surface area contributed by atoms with Crippen LogP contribution in [0.2, 0.25) is 0 Å². The van der Waals surface area contributed by atoms with Gasteiger partial charge in [-0.15, -0.1) is 0 Å². The summed E-state index contributed by atoms with van der Waals surface area (Å²) in [6.07, 6.45) is 0.328. The first-order valence-corrected chi connectivity index (χ1v) is 7.01. The Bertz CT molecular complexity index is 390. The van der Waals surface area contributed by atoms with E-state index in [1.807, 2.05) is 7.05 Å². The molecule has 108 valence electrons. The van der Waals surface area contributed by atoms with Crippen LogP contribution in [0.4, 0.5) is 0 Å². The first-order chi connectivity index (χ1) is 8.93. The Hall–Kier alpha value is -0.900. The first kappa shape index (κ1) is 16.2. The van der Waals surface area contributed by atoms with Gasteiger partial charge in [0.25, 0.3) is 0 Å². The van der Waals surface area contributed by atoms with Crippen molar-refractivity contribution in [2.45, 2.75) is 39.2 Å². The Labute approximate surface area is 116 Å². The van der Waals surface area contributed by atoms with Crippen LogP contribution in [0.25, 0.3) is 0 Å². The van der Waals surface area contributed by atoms with Crippen LogP contribution >= 0.6 is 0 Å². The Morgan fingerprint density at radius 1 is 1.26 bits per heavy atom. The normalized spacial score (nSPS) is 13.3. The molecule has 0 heterocycles. The van der Waals surface area contributed by atoms with E-state index in [0.29, 0.717) is 12.5 Å². The van der Waals surface area contributed by atoms with Gasteiger partial charge in [-0.2, -0.15) is 0 Å². The van der Waals surface area contributed by atoms with Crippen LogP contribution in [0.3, 0.4) is 0 Å². The predicted octanol–water partition coefficient (Wildman–Crippen LogP) is 1.95. The third-order valence-corrected chi connectivity index (χ3v) is 3.54. The summed E-state index contributed by atoms with van der Waals surface area (Å²) in [6.45, 7) is 7.78. The molecule has 1 aromatic carbocycles. The Kier molecular flexibility index (Phi) is 6.49. The summed E-state index contributed by atoms with van der Waals surface area (Å²) in [6, 6.07) is 6.67. The summed E-state index contributed by atoms with van der Waals surface area (Å²) >= 11 is 0. The molecule has 0 spiro atoms. The topological polar surface area (TPSA) is 43.7 Å². The second-order valence-electron chi connectivity index (χ2n) is 5.69. The van der Waals surface area contributed by atoms with E-state index in [1.54, 1.807) is 0 Å².